The predicted molar refractivity (Wildman–Crippen MR) is 117 cm³/mol. The molecule has 6 atom stereocenters. The molecule has 8 nitrogen and oxygen atoms in total. The molecule has 3 aliphatic rings. The smallest absolute Gasteiger partial charge is 0.306 e. The Labute approximate surface area is 190 Å². The molecular formula is C24H38N2O6. The summed E-state index contributed by atoms with van der Waals surface area (Å²) in [5.74, 6) is 2.55. The van der Waals surface area contributed by atoms with E-state index in [2.05, 4.69) is 14.8 Å². The van der Waals surface area contributed by atoms with Crippen LogP contribution in [-0.4, -0.2) is 62.0 Å². The zero-order chi connectivity index (χ0) is 23.3. The fourth-order valence-electron chi connectivity index (χ4n) is 6.61. The normalized spacial score (nSPS) is 30.0. The van der Waals surface area contributed by atoms with Crippen LogP contribution in [0.3, 0.4) is 0 Å². The molecule has 2 bridgehead atoms. The van der Waals surface area contributed by atoms with Gasteiger partial charge >= 0.3 is 11.9 Å². The fraction of sp³-hybridized carbons (Fsp3) is 0.833. The standard InChI is InChI=1S/C24H38N2O6/c1-4-26(22(28)6-8-24(30)32-3)20-14-16-13-19(20)18-12-15(11-17(16)18)9-10-25-21(27)5-7-23(29)31-2/h15-20H,4-14H2,1-3H3,(H,25,27). The van der Waals surface area contributed by atoms with Crippen LogP contribution >= 0.6 is 0 Å². The third kappa shape index (κ3) is 5.62. The highest BCUT2D eigenvalue weighted by Gasteiger charge is 2.57. The first-order chi connectivity index (χ1) is 15.4. The van der Waals surface area contributed by atoms with Gasteiger partial charge in [-0.05, 0) is 68.6 Å². The van der Waals surface area contributed by atoms with Gasteiger partial charge in [0, 0.05) is 32.0 Å². The van der Waals surface area contributed by atoms with E-state index in [1.165, 1.54) is 33.5 Å². The van der Waals surface area contributed by atoms with Crippen molar-refractivity contribution in [3.8, 4) is 0 Å². The first kappa shape index (κ1) is 24.5. The van der Waals surface area contributed by atoms with Crippen molar-refractivity contribution in [1.29, 1.82) is 0 Å². The van der Waals surface area contributed by atoms with Gasteiger partial charge < -0.3 is 19.7 Å². The molecule has 3 rings (SSSR count). The maximum absolute atomic E-state index is 12.8. The highest BCUT2D eigenvalue weighted by Crippen LogP contribution is 2.61. The second-order valence-electron chi connectivity index (χ2n) is 9.60. The second-order valence-corrected chi connectivity index (χ2v) is 9.60. The van der Waals surface area contributed by atoms with Crippen LogP contribution in [-0.2, 0) is 28.7 Å². The van der Waals surface area contributed by atoms with Crippen LogP contribution < -0.4 is 5.32 Å². The Bertz CT molecular complexity index is 711. The van der Waals surface area contributed by atoms with E-state index in [1.54, 1.807) is 0 Å². The van der Waals surface area contributed by atoms with E-state index < -0.39 is 0 Å². The van der Waals surface area contributed by atoms with Crippen LogP contribution in [0.25, 0.3) is 0 Å². The van der Waals surface area contributed by atoms with Gasteiger partial charge in [-0.15, -0.1) is 0 Å². The molecule has 0 aliphatic heterocycles. The van der Waals surface area contributed by atoms with E-state index in [0.29, 0.717) is 42.8 Å². The van der Waals surface area contributed by atoms with Gasteiger partial charge in [0.1, 0.15) is 0 Å². The van der Waals surface area contributed by atoms with Gasteiger partial charge in [-0.25, -0.2) is 0 Å². The summed E-state index contributed by atoms with van der Waals surface area (Å²) < 4.78 is 9.25. The maximum Gasteiger partial charge on any atom is 0.306 e. The fourth-order valence-corrected chi connectivity index (χ4v) is 6.61. The average Bonchev–Trinajstić information content (AvgIpc) is 3.48. The Kier molecular flexibility index (Phi) is 8.54. The zero-order valence-corrected chi connectivity index (χ0v) is 19.6. The van der Waals surface area contributed by atoms with E-state index in [0.717, 1.165) is 18.8 Å². The van der Waals surface area contributed by atoms with Crippen molar-refractivity contribution in [2.75, 3.05) is 27.3 Å². The van der Waals surface area contributed by atoms with Gasteiger partial charge in [-0.2, -0.15) is 0 Å². The van der Waals surface area contributed by atoms with Gasteiger partial charge in [0.25, 0.3) is 0 Å². The zero-order valence-electron chi connectivity index (χ0n) is 19.6. The number of hydrogen-bond acceptors (Lipinski definition) is 6. The third-order valence-corrected chi connectivity index (χ3v) is 8.02. The van der Waals surface area contributed by atoms with Crippen LogP contribution in [0.15, 0.2) is 0 Å². The number of nitrogens with zero attached hydrogens (tertiary/aromatic N) is 1. The van der Waals surface area contributed by atoms with Gasteiger partial charge in [0.15, 0.2) is 0 Å². The minimum Gasteiger partial charge on any atom is -0.469 e. The maximum atomic E-state index is 12.8. The SMILES string of the molecule is CCN(C(=O)CCC(=O)OC)C1CC2CC1C1CC(CCNC(=O)CCC(=O)OC)CC21. The Balaban J connectivity index is 1.45. The number of fused-ring (bicyclic) bond motifs is 5. The number of esters is 2. The van der Waals surface area contributed by atoms with Crippen molar-refractivity contribution in [2.24, 2.45) is 29.6 Å². The van der Waals surface area contributed by atoms with Crippen molar-refractivity contribution in [1.82, 2.24) is 10.2 Å². The highest BCUT2D eigenvalue weighted by atomic mass is 16.5. The lowest BCUT2D eigenvalue weighted by Crippen LogP contribution is -2.46. The Morgan fingerprint density at radius 1 is 0.844 bits per heavy atom. The summed E-state index contributed by atoms with van der Waals surface area (Å²) in [6, 6.07) is 0.299. The van der Waals surface area contributed by atoms with Crippen LogP contribution in [0.4, 0.5) is 0 Å². The molecule has 3 aliphatic carbocycles. The average molecular weight is 451 g/mol. The van der Waals surface area contributed by atoms with Crippen LogP contribution in [0.2, 0.25) is 0 Å². The number of ether oxygens (including phenoxy) is 2. The predicted octanol–water partition coefficient (Wildman–Crippen LogP) is 2.30. The molecule has 0 radical (unpaired) electrons. The van der Waals surface area contributed by atoms with Crippen molar-refractivity contribution in [3.05, 3.63) is 0 Å². The molecule has 8 heteroatoms. The lowest BCUT2D eigenvalue weighted by molar-refractivity contribution is -0.144. The minimum atomic E-state index is -0.362. The molecule has 0 spiro atoms. The molecule has 0 saturated heterocycles. The summed E-state index contributed by atoms with van der Waals surface area (Å²) in [4.78, 5) is 49.3. The van der Waals surface area contributed by atoms with Crippen LogP contribution in [0, 0.1) is 29.6 Å². The lowest BCUT2D eigenvalue weighted by Gasteiger charge is -2.39. The van der Waals surface area contributed by atoms with E-state index in [4.69, 9.17) is 0 Å². The Hall–Kier alpha value is -2.12. The first-order valence-electron chi connectivity index (χ1n) is 12.1. The number of nitrogens with one attached hydrogen (secondary N) is 1. The summed E-state index contributed by atoms with van der Waals surface area (Å²) in [5, 5.41) is 2.93. The summed E-state index contributed by atoms with van der Waals surface area (Å²) in [7, 11) is 2.68. The number of amides is 2. The van der Waals surface area contributed by atoms with Crippen LogP contribution in [0.1, 0.15) is 64.7 Å². The molecule has 3 saturated carbocycles. The first-order valence-corrected chi connectivity index (χ1v) is 12.1. The van der Waals surface area contributed by atoms with Crippen molar-refractivity contribution in [3.63, 3.8) is 0 Å². The minimum absolute atomic E-state index is 0.0659. The molecule has 0 aromatic heterocycles. The topological polar surface area (TPSA) is 102 Å². The van der Waals surface area contributed by atoms with E-state index in [9.17, 15) is 19.2 Å². The molecule has 1 N–H and O–H groups in total. The van der Waals surface area contributed by atoms with Crippen molar-refractivity contribution < 1.29 is 28.7 Å². The molecule has 0 aromatic rings. The number of carbonyl (C=O) groups is 4. The second kappa shape index (κ2) is 11.1. The summed E-state index contributed by atoms with van der Waals surface area (Å²) in [5.41, 5.74) is 0. The van der Waals surface area contributed by atoms with E-state index >= 15 is 0 Å². The summed E-state index contributed by atoms with van der Waals surface area (Å²) >= 11 is 0. The molecule has 2 amide bonds. The van der Waals surface area contributed by atoms with E-state index in [-0.39, 0.29) is 49.4 Å². The van der Waals surface area contributed by atoms with Gasteiger partial charge in [-0.1, -0.05) is 0 Å². The highest BCUT2D eigenvalue weighted by molar-refractivity contribution is 5.82. The molecule has 0 aromatic carbocycles. The molecule has 180 valence electrons. The quantitative estimate of drug-likeness (QED) is 0.485. The lowest BCUT2D eigenvalue weighted by atomic mass is 9.78. The number of carbonyl (C=O) groups excluding carboxylic acids is 4. The van der Waals surface area contributed by atoms with E-state index in [1.807, 2.05) is 11.8 Å². The molecule has 32 heavy (non-hydrogen) atoms. The Morgan fingerprint density at radius 3 is 2.16 bits per heavy atom. The van der Waals surface area contributed by atoms with Crippen molar-refractivity contribution in [2.45, 2.75) is 70.8 Å². The monoisotopic (exact) mass is 450 g/mol. The van der Waals surface area contributed by atoms with Gasteiger partial charge in [0.05, 0.1) is 27.1 Å². The summed E-state index contributed by atoms with van der Waals surface area (Å²) in [6.07, 6.45) is 6.33. The van der Waals surface area contributed by atoms with Gasteiger partial charge in [-0.3, -0.25) is 19.2 Å². The number of methoxy groups -OCH3 is 2. The molecule has 3 fully saturated rings. The van der Waals surface area contributed by atoms with Gasteiger partial charge in [0.2, 0.25) is 11.8 Å². The molecule has 6 unspecified atom stereocenters. The molecule has 0 heterocycles. The number of hydrogen-bond donors (Lipinski definition) is 1. The largest absolute Gasteiger partial charge is 0.469 e. The Morgan fingerprint density at radius 2 is 1.50 bits per heavy atom. The van der Waals surface area contributed by atoms with Crippen molar-refractivity contribution >= 4 is 23.8 Å². The summed E-state index contributed by atoms with van der Waals surface area (Å²) in [6.45, 7) is 3.36. The van der Waals surface area contributed by atoms with Crippen LogP contribution in [0.5, 0.6) is 0 Å². The molecular weight excluding hydrogens is 412 g/mol. The third-order valence-electron chi connectivity index (χ3n) is 8.02. The number of rotatable bonds is 11.